The monoisotopic (exact) mass is 668 g/mol. The minimum atomic E-state index is -3.84. The molecule has 0 aromatic heterocycles. The van der Waals surface area contributed by atoms with Crippen LogP contribution in [0.15, 0.2) is 113 Å². The number of sulfonamides is 1. The number of nitrogens with one attached hydrogen (secondary N) is 3. The summed E-state index contributed by atoms with van der Waals surface area (Å²) in [6, 6.07) is 25.6. The molecule has 0 saturated carbocycles. The van der Waals surface area contributed by atoms with Gasteiger partial charge in [-0.1, -0.05) is 53.5 Å². The molecule has 4 aromatic carbocycles. The maximum absolute atomic E-state index is 13.4. The van der Waals surface area contributed by atoms with Crippen molar-refractivity contribution >= 4 is 80.2 Å². The van der Waals surface area contributed by atoms with Gasteiger partial charge in [0.2, 0.25) is 15.9 Å². The standard InChI is InChI=1S/C31H26Cl2N4O5S2/c1-19(29(38)35-23-12-14-26(15-13-23)44(34,41)42)43-25-9-5-8-24(18-25)36-31(40)28(16-21-10-11-22(32)17-27(21)33)37-30(39)20-6-3-2-4-7-20/h2-19H,1H3,(H,35,38)(H,36,40)(H,37,39)(H2,34,41,42)/b28-16+. The number of anilines is 2. The summed E-state index contributed by atoms with van der Waals surface area (Å²) in [6.45, 7) is 1.71. The molecule has 0 bridgehead atoms. The number of hydrogen-bond donors (Lipinski definition) is 4. The molecule has 0 heterocycles. The number of nitrogens with two attached hydrogens (primary N) is 1. The van der Waals surface area contributed by atoms with E-state index in [1.54, 1.807) is 73.7 Å². The summed E-state index contributed by atoms with van der Waals surface area (Å²) in [4.78, 5) is 39.7. The SMILES string of the molecule is CC(Sc1cccc(NC(=O)/C(=C\c2ccc(Cl)cc2Cl)NC(=O)c2ccccc2)c1)C(=O)Nc1ccc(S(N)(=O)=O)cc1. The van der Waals surface area contributed by atoms with E-state index in [4.69, 9.17) is 28.3 Å². The molecule has 44 heavy (non-hydrogen) atoms. The van der Waals surface area contributed by atoms with E-state index in [1.165, 1.54) is 48.2 Å². The third-order valence-corrected chi connectivity index (χ3v) is 8.60. The van der Waals surface area contributed by atoms with Gasteiger partial charge in [-0.2, -0.15) is 0 Å². The van der Waals surface area contributed by atoms with E-state index in [1.807, 2.05) is 0 Å². The zero-order valence-corrected chi connectivity index (χ0v) is 26.2. The zero-order valence-electron chi connectivity index (χ0n) is 23.1. The average Bonchev–Trinajstić information content (AvgIpc) is 2.98. The van der Waals surface area contributed by atoms with Crippen molar-refractivity contribution in [1.82, 2.24) is 5.32 Å². The van der Waals surface area contributed by atoms with Gasteiger partial charge >= 0.3 is 0 Å². The van der Waals surface area contributed by atoms with Gasteiger partial charge in [0.05, 0.1) is 10.1 Å². The lowest BCUT2D eigenvalue weighted by atomic mass is 10.1. The second-order valence-corrected chi connectivity index (χ2v) is 13.2. The van der Waals surface area contributed by atoms with E-state index in [0.29, 0.717) is 37.4 Å². The van der Waals surface area contributed by atoms with Gasteiger partial charge < -0.3 is 16.0 Å². The van der Waals surface area contributed by atoms with Gasteiger partial charge in [-0.05, 0) is 85.3 Å². The highest BCUT2D eigenvalue weighted by molar-refractivity contribution is 8.00. The third-order valence-electron chi connectivity index (χ3n) is 6.02. The summed E-state index contributed by atoms with van der Waals surface area (Å²) in [5.74, 6) is -1.40. The maximum atomic E-state index is 13.4. The molecule has 0 aliphatic heterocycles. The number of hydrogen-bond acceptors (Lipinski definition) is 6. The summed E-state index contributed by atoms with van der Waals surface area (Å²) in [5.41, 5.74) is 1.61. The minimum Gasteiger partial charge on any atom is -0.325 e. The fraction of sp³-hybridized carbons (Fsp3) is 0.0645. The van der Waals surface area contributed by atoms with Crippen molar-refractivity contribution in [3.05, 3.63) is 124 Å². The van der Waals surface area contributed by atoms with Crippen LogP contribution in [0.25, 0.3) is 6.08 Å². The Balaban J connectivity index is 1.48. The highest BCUT2D eigenvalue weighted by Gasteiger charge is 2.18. The molecular formula is C31H26Cl2N4O5S2. The molecule has 4 rings (SSSR count). The van der Waals surface area contributed by atoms with Crippen LogP contribution < -0.4 is 21.1 Å². The summed E-state index contributed by atoms with van der Waals surface area (Å²) in [5, 5.41) is 13.5. The van der Waals surface area contributed by atoms with Crippen LogP contribution in [0.2, 0.25) is 10.0 Å². The Bertz CT molecular complexity index is 1830. The van der Waals surface area contributed by atoms with Crippen LogP contribution in [0.1, 0.15) is 22.8 Å². The molecule has 4 aromatic rings. The van der Waals surface area contributed by atoms with E-state index in [-0.39, 0.29) is 16.5 Å². The Hall–Kier alpha value is -4.13. The van der Waals surface area contributed by atoms with E-state index in [0.717, 1.165) is 0 Å². The fourth-order valence-electron chi connectivity index (χ4n) is 3.79. The Labute approximate surface area is 268 Å². The molecule has 9 nitrogen and oxygen atoms in total. The van der Waals surface area contributed by atoms with E-state index in [9.17, 15) is 22.8 Å². The number of thioether (sulfide) groups is 1. The quantitative estimate of drug-likeness (QED) is 0.117. The Morgan fingerprint density at radius 2 is 1.55 bits per heavy atom. The van der Waals surface area contributed by atoms with Gasteiger partial charge in [0, 0.05) is 31.9 Å². The lowest BCUT2D eigenvalue weighted by Crippen LogP contribution is -2.30. The zero-order chi connectivity index (χ0) is 31.9. The lowest BCUT2D eigenvalue weighted by molar-refractivity contribution is -0.115. The Morgan fingerprint density at radius 1 is 0.841 bits per heavy atom. The molecule has 1 unspecified atom stereocenters. The van der Waals surface area contributed by atoms with Crippen LogP contribution in [0, 0.1) is 0 Å². The molecule has 0 spiro atoms. The molecule has 226 valence electrons. The van der Waals surface area contributed by atoms with Crippen molar-refractivity contribution in [2.75, 3.05) is 10.6 Å². The van der Waals surface area contributed by atoms with E-state index < -0.39 is 27.1 Å². The predicted octanol–water partition coefficient (Wildman–Crippen LogP) is 6.17. The lowest BCUT2D eigenvalue weighted by Gasteiger charge is -2.14. The first-order valence-electron chi connectivity index (χ1n) is 12.9. The van der Waals surface area contributed by atoms with Crippen molar-refractivity contribution in [2.45, 2.75) is 22.0 Å². The number of benzene rings is 4. The third kappa shape index (κ3) is 9.18. The van der Waals surface area contributed by atoms with Crippen molar-refractivity contribution in [2.24, 2.45) is 5.14 Å². The summed E-state index contributed by atoms with van der Waals surface area (Å²) in [6.07, 6.45) is 1.45. The number of carbonyl (C=O) groups is 3. The molecule has 3 amide bonds. The smallest absolute Gasteiger partial charge is 0.272 e. The number of carbonyl (C=O) groups excluding carboxylic acids is 3. The van der Waals surface area contributed by atoms with Gasteiger partial charge in [0.25, 0.3) is 11.8 Å². The van der Waals surface area contributed by atoms with Crippen LogP contribution in [0.3, 0.4) is 0 Å². The van der Waals surface area contributed by atoms with Crippen LogP contribution in [-0.4, -0.2) is 31.4 Å². The molecular weight excluding hydrogens is 643 g/mol. The highest BCUT2D eigenvalue weighted by Crippen LogP contribution is 2.28. The van der Waals surface area contributed by atoms with E-state index in [2.05, 4.69) is 16.0 Å². The van der Waals surface area contributed by atoms with Crippen molar-refractivity contribution in [3.8, 4) is 0 Å². The number of primary sulfonamides is 1. The largest absolute Gasteiger partial charge is 0.325 e. The van der Waals surface area contributed by atoms with Gasteiger partial charge in [-0.25, -0.2) is 13.6 Å². The second-order valence-electron chi connectivity index (χ2n) is 9.34. The summed E-state index contributed by atoms with van der Waals surface area (Å²) < 4.78 is 22.9. The topological polar surface area (TPSA) is 147 Å². The summed E-state index contributed by atoms with van der Waals surface area (Å²) in [7, 11) is -3.84. The number of amides is 3. The van der Waals surface area contributed by atoms with E-state index >= 15 is 0 Å². The maximum Gasteiger partial charge on any atom is 0.272 e. The number of halogens is 2. The predicted molar refractivity (Wildman–Crippen MR) is 175 cm³/mol. The minimum absolute atomic E-state index is 0.0534. The molecule has 13 heteroatoms. The summed E-state index contributed by atoms with van der Waals surface area (Å²) >= 11 is 13.6. The molecule has 0 saturated heterocycles. The van der Waals surface area contributed by atoms with Crippen LogP contribution >= 0.6 is 35.0 Å². The molecule has 0 radical (unpaired) electrons. The second kappa shape index (κ2) is 14.6. The van der Waals surface area contributed by atoms with Gasteiger partial charge in [0.15, 0.2) is 0 Å². The molecule has 5 N–H and O–H groups in total. The van der Waals surface area contributed by atoms with Crippen molar-refractivity contribution in [1.29, 1.82) is 0 Å². The average molecular weight is 670 g/mol. The van der Waals surface area contributed by atoms with Crippen LogP contribution in [0.4, 0.5) is 11.4 Å². The van der Waals surface area contributed by atoms with Gasteiger partial charge in [-0.3, -0.25) is 14.4 Å². The molecule has 0 aliphatic rings. The Kier molecular flexibility index (Phi) is 10.8. The first kappa shape index (κ1) is 32.8. The first-order chi connectivity index (χ1) is 20.9. The number of rotatable bonds is 10. The molecule has 0 fully saturated rings. The van der Waals surface area contributed by atoms with Crippen molar-refractivity contribution in [3.63, 3.8) is 0 Å². The van der Waals surface area contributed by atoms with Crippen molar-refractivity contribution < 1.29 is 22.8 Å². The fourth-order valence-corrected chi connectivity index (χ4v) is 5.70. The van der Waals surface area contributed by atoms with Crippen LogP contribution in [-0.2, 0) is 19.6 Å². The molecule has 1 atom stereocenters. The highest BCUT2D eigenvalue weighted by atomic mass is 35.5. The molecule has 0 aliphatic carbocycles. The normalized spacial score (nSPS) is 12.2. The van der Waals surface area contributed by atoms with Crippen LogP contribution in [0.5, 0.6) is 0 Å². The van der Waals surface area contributed by atoms with Gasteiger partial charge in [0.1, 0.15) is 5.70 Å². The first-order valence-corrected chi connectivity index (χ1v) is 16.1. The van der Waals surface area contributed by atoms with Gasteiger partial charge in [-0.15, -0.1) is 11.8 Å². The Morgan fingerprint density at radius 3 is 2.20 bits per heavy atom.